The van der Waals surface area contributed by atoms with Crippen LogP contribution in [0, 0.1) is 18.8 Å². The molecule has 0 atom stereocenters. The third-order valence-corrected chi connectivity index (χ3v) is 5.87. The van der Waals surface area contributed by atoms with Crippen LogP contribution >= 0.6 is 0 Å². The number of Topliss-reactive ketones (excluding diaryl/α,β-unsaturated/α-hetero) is 1. The zero-order valence-electron chi connectivity index (χ0n) is 22.0. The average molecular weight is 484 g/mol. The van der Waals surface area contributed by atoms with Gasteiger partial charge in [-0.25, -0.2) is 0 Å². The van der Waals surface area contributed by atoms with Gasteiger partial charge in [0.05, 0.1) is 32.5 Å². The van der Waals surface area contributed by atoms with Crippen molar-refractivity contribution in [2.45, 2.75) is 41.2 Å². The molecule has 0 bridgehead atoms. The molecule has 7 nitrogen and oxygen atoms in total. The molecule has 0 saturated heterocycles. The molecule has 0 aromatic heterocycles. The Bertz CT molecular complexity index is 1110. The molecule has 7 heteroatoms. The quantitative estimate of drug-likeness (QED) is 0.450. The number of hydrogen-bond acceptors (Lipinski definition) is 7. The normalized spacial score (nSPS) is 14.1. The highest BCUT2D eigenvalue weighted by Crippen LogP contribution is 2.44. The molecule has 2 aromatic rings. The molecule has 0 spiro atoms. The molecular weight excluding hydrogens is 446 g/mol. The molecule has 1 aliphatic rings. The van der Waals surface area contributed by atoms with Crippen molar-refractivity contribution >= 4 is 11.9 Å². The van der Waals surface area contributed by atoms with Crippen molar-refractivity contribution in [2.24, 2.45) is 11.8 Å². The summed E-state index contributed by atoms with van der Waals surface area (Å²) in [6, 6.07) is 5.18. The lowest BCUT2D eigenvalue weighted by Gasteiger charge is -2.27. The van der Waals surface area contributed by atoms with E-state index in [4.69, 9.17) is 18.9 Å². The predicted molar refractivity (Wildman–Crippen MR) is 137 cm³/mol. The molecule has 1 heterocycles. The SMILES string of the molecule is COc1ccc(/C=C2/Oc3c(CN(CC(C)C)CC(C)C)c(O)cc(C)c3C2=O)c(OC)c1OC. The number of ether oxygens (including phenoxy) is 4. The number of carbonyl (C=O) groups excluding carboxylic acids is 1. The minimum Gasteiger partial charge on any atom is -0.507 e. The zero-order chi connectivity index (χ0) is 25.9. The summed E-state index contributed by atoms with van der Waals surface area (Å²) in [5.74, 6) is 2.81. The Morgan fingerprint density at radius 3 is 2.17 bits per heavy atom. The molecule has 0 radical (unpaired) electrons. The fourth-order valence-electron chi connectivity index (χ4n) is 4.57. The van der Waals surface area contributed by atoms with Crippen LogP contribution in [0.3, 0.4) is 0 Å². The number of nitrogens with zero attached hydrogens (tertiary/aromatic N) is 1. The van der Waals surface area contributed by atoms with Crippen LogP contribution in [-0.2, 0) is 6.54 Å². The Morgan fingerprint density at radius 1 is 1.00 bits per heavy atom. The van der Waals surface area contributed by atoms with Crippen LogP contribution in [0.1, 0.15) is 54.7 Å². The van der Waals surface area contributed by atoms with Gasteiger partial charge in [0.25, 0.3) is 0 Å². The third kappa shape index (κ3) is 5.56. The smallest absolute Gasteiger partial charge is 0.232 e. The van der Waals surface area contributed by atoms with E-state index in [9.17, 15) is 9.90 Å². The number of hydrogen-bond donors (Lipinski definition) is 1. The van der Waals surface area contributed by atoms with E-state index in [1.54, 1.807) is 31.4 Å². The highest BCUT2D eigenvalue weighted by atomic mass is 16.5. The van der Waals surface area contributed by atoms with Gasteiger partial charge in [-0.05, 0) is 48.6 Å². The van der Waals surface area contributed by atoms with E-state index in [-0.39, 0.29) is 17.3 Å². The summed E-state index contributed by atoms with van der Waals surface area (Å²) in [4.78, 5) is 15.7. The lowest BCUT2D eigenvalue weighted by molar-refractivity contribution is 0.101. The van der Waals surface area contributed by atoms with Gasteiger partial charge >= 0.3 is 0 Å². The molecule has 0 fully saturated rings. The van der Waals surface area contributed by atoms with E-state index in [0.29, 0.717) is 63.6 Å². The van der Waals surface area contributed by atoms with Gasteiger partial charge in [0.15, 0.2) is 17.3 Å². The Labute approximate surface area is 208 Å². The number of benzene rings is 2. The van der Waals surface area contributed by atoms with Gasteiger partial charge in [-0.3, -0.25) is 9.69 Å². The van der Waals surface area contributed by atoms with Crippen molar-refractivity contribution in [3.05, 3.63) is 46.2 Å². The number of carbonyl (C=O) groups is 1. The second-order valence-electron chi connectivity index (χ2n) is 9.74. The molecule has 0 amide bonds. The number of phenols is 1. The van der Waals surface area contributed by atoms with Gasteiger partial charge in [0, 0.05) is 25.2 Å². The second kappa shape index (κ2) is 11.0. The first-order chi connectivity index (χ1) is 16.6. The van der Waals surface area contributed by atoms with Crippen molar-refractivity contribution < 1.29 is 28.8 Å². The predicted octanol–water partition coefficient (Wildman–Crippen LogP) is 5.46. The summed E-state index contributed by atoms with van der Waals surface area (Å²) in [7, 11) is 4.61. The van der Waals surface area contributed by atoms with Crippen molar-refractivity contribution in [2.75, 3.05) is 34.4 Å². The van der Waals surface area contributed by atoms with Gasteiger partial charge in [-0.2, -0.15) is 0 Å². The van der Waals surface area contributed by atoms with Crippen LogP contribution in [-0.4, -0.2) is 50.2 Å². The zero-order valence-corrected chi connectivity index (χ0v) is 22.0. The number of methoxy groups -OCH3 is 3. The number of fused-ring (bicyclic) bond motifs is 1. The largest absolute Gasteiger partial charge is 0.507 e. The lowest BCUT2D eigenvalue weighted by atomic mass is 9.98. The number of phenolic OH excluding ortho intramolecular Hbond substituents is 1. The van der Waals surface area contributed by atoms with Crippen molar-refractivity contribution in [3.63, 3.8) is 0 Å². The maximum Gasteiger partial charge on any atom is 0.232 e. The van der Waals surface area contributed by atoms with Gasteiger partial charge in [-0.15, -0.1) is 0 Å². The number of allylic oxidation sites excluding steroid dienone is 1. The van der Waals surface area contributed by atoms with Crippen LogP contribution in [0.2, 0.25) is 0 Å². The van der Waals surface area contributed by atoms with Crippen LogP contribution in [0.15, 0.2) is 24.0 Å². The summed E-state index contributed by atoms with van der Waals surface area (Å²) in [5.41, 5.74) is 2.40. The van der Waals surface area contributed by atoms with E-state index in [1.807, 2.05) is 6.92 Å². The van der Waals surface area contributed by atoms with E-state index < -0.39 is 0 Å². The molecule has 2 aromatic carbocycles. The van der Waals surface area contributed by atoms with Gasteiger partial charge in [0.1, 0.15) is 11.5 Å². The molecule has 0 aliphatic carbocycles. The average Bonchev–Trinajstić information content (AvgIpc) is 3.11. The van der Waals surface area contributed by atoms with E-state index in [1.165, 1.54) is 14.2 Å². The van der Waals surface area contributed by atoms with E-state index >= 15 is 0 Å². The Morgan fingerprint density at radius 2 is 1.63 bits per heavy atom. The molecule has 0 saturated carbocycles. The maximum atomic E-state index is 13.4. The molecule has 190 valence electrons. The Kier molecular flexibility index (Phi) is 8.33. The number of ketones is 1. The Balaban J connectivity index is 2.05. The van der Waals surface area contributed by atoms with Gasteiger partial charge in [0.2, 0.25) is 11.5 Å². The summed E-state index contributed by atoms with van der Waals surface area (Å²) >= 11 is 0. The van der Waals surface area contributed by atoms with Crippen LogP contribution in [0.25, 0.3) is 6.08 Å². The molecule has 1 aliphatic heterocycles. The molecule has 35 heavy (non-hydrogen) atoms. The third-order valence-electron chi connectivity index (χ3n) is 5.87. The molecule has 1 N–H and O–H groups in total. The summed E-state index contributed by atoms with van der Waals surface area (Å²) in [6.45, 7) is 12.7. The number of aromatic hydroxyl groups is 1. The number of rotatable bonds is 10. The minimum absolute atomic E-state index is 0.136. The Hall–Kier alpha value is -3.19. The topological polar surface area (TPSA) is 77.5 Å². The first kappa shape index (κ1) is 26.4. The number of aryl methyl sites for hydroxylation is 1. The molecule has 3 rings (SSSR count). The molecular formula is C28H37NO6. The summed E-state index contributed by atoms with van der Waals surface area (Å²) in [5, 5.41) is 10.9. The first-order valence-corrected chi connectivity index (χ1v) is 11.9. The summed E-state index contributed by atoms with van der Waals surface area (Å²) < 4.78 is 22.5. The fraction of sp³-hybridized carbons (Fsp3) is 0.464. The van der Waals surface area contributed by atoms with E-state index in [2.05, 4.69) is 32.6 Å². The highest BCUT2D eigenvalue weighted by molar-refractivity contribution is 6.16. The second-order valence-corrected chi connectivity index (χ2v) is 9.74. The van der Waals surface area contributed by atoms with E-state index in [0.717, 1.165) is 13.1 Å². The van der Waals surface area contributed by atoms with Crippen molar-refractivity contribution in [1.29, 1.82) is 0 Å². The standard InChI is InChI=1S/C28H37NO6/c1-16(2)13-29(14-17(3)4)15-20-21(30)11-18(5)24-25(31)23(35-27(20)24)12-19-9-10-22(32-6)28(34-8)26(19)33-7/h9-12,16-17,30H,13-15H2,1-8H3/b23-12+. The first-order valence-electron chi connectivity index (χ1n) is 11.9. The summed E-state index contributed by atoms with van der Waals surface area (Å²) in [6.07, 6.45) is 1.64. The lowest BCUT2D eigenvalue weighted by Crippen LogP contribution is -2.31. The highest BCUT2D eigenvalue weighted by Gasteiger charge is 2.34. The maximum absolute atomic E-state index is 13.4. The molecule has 0 unspecified atom stereocenters. The van der Waals surface area contributed by atoms with Crippen LogP contribution < -0.4 is 18.9 Å². The van der Waals surface area contributed by atoms with Crippen molar-refractivity contribution in [3.8, 4) is 28.7 Å². The van der Waals surface area contributed by atoms with Gasteiger partial charge < -0.3 is 24.1 Å². The van der Waals surface area contributed by atoms with Crippen LogP contribution in [0.5, 0.6) is 28.7 Å². The monoisotopic (exact) mass is 483 g/mol. The van der Waals surface area contributed by atoms with Crippen molar-refractivity contribution in [1.82, 2.24) is 4.90 Å². The fourth-order valence-corrected chi connectivity index (χ4v) is 4.57. The van der Waals surface area contributed by atoms with Crippen LogP contribution in [0.4, 0.5) is 0 Å². The minimum atomic E-state index is -0.227. The van der Waals surface area contributed by atoms with Gasteiger partial charge in [-0.1, -0.05) is 27.7 Å².